The number of carbonyl (C=O) groups excluding carboxylic acids is 2. The van der Waals surface area contributed by atoms with Gasteiger partial charge in [0.1, 0.15) is 5.70 Å². The summed E-state index contributed by atoms with van der Waals surface area (Å²) >= 11 is 0. The summed E-state index contributed by atoms with van der Waals surface area (Å²) in [6.07, 6.45) is 0.879. The van der Waals surface area contributed by atoms with Gasteiger partial charge in [0, 0.05) is 18.3 Å². The van der Waals surface area contributed by atoms with E-state index in [1.165, 1.54) is 10.5 Å². The van der Waals surface area contributed by atoms with Crippen molar-refractivity contribution in [2.45, 2.75) is 33.2 Å². The Morgan fingerprint density at radius 3 is 2.31 bits per heavy atom. The van der Waals surface area contributed by atoms with Crippen LogP contribution in [0.1, 0.15) is 30.5 Å². The van der Waals surface area contributed by atoms with E-state index < -0.39 is 0 Å². The standard InChI is InChI=1S/C22H22N2O2/c1-14(2)24-21(25)19(17-10-8-15(3)9-11-17)20(22(24)26)23-13-12-16-6-4-5-7-18(16)23/h4-11,14H,12-13H2,1-3H3. The van der Waals surface area contributed by atoms with Crippen molar-refractivity contribution < 1.29 is 9.59 Å². The number of aryl methyl sites for hydroxylation is 1. The lowest BCUT2D eigenvalue weighted by Crippen LogP contribution is -2.39. The average Bonchev–Trinajstić information content (AvgIpc) is 3.14. The van der Waals surface area contributed by atoms with Crippen LogP contribution < -0.4 is 4.90 Å². The zero-order valence-corrected chi connectivity index (χ0v) is 15.3. The summed E-state index contributed by atoms with van der Waals surface area (Å²) in [7, 11) is 0. The van der Waals surface area contributed by atoms with Crippen LogP contribution in [0.3, 0.4) is 0 Å². The number of para-hydroxylation sites is 1. The summed E-state index contributed by atoms with van der Waals surface area (Å²) in [5.74, 6) is -0.398. The molecule has 2 aromatic carbocycles. The molecule has 26 heavy (non-hydrogen) atoms. The Morgan fingerprint density at radius 1 is 0.923 bits per heavy atom. The van der Waals surface area contributed by atoms with E-state index in [-0.39, 0.29) is 17.9 Å². The Hall–Kier alpha value is -2.88. The molecule has 2 aliphatic rings. The van der Waals surface area contributed by atoms with Crippen molar-refractivity contribution in [2.75, 3.05) is 11.4 Å². The molecule has 4 nitrogen and oxygen atoms in total. The van der Waals surface area contributed by atoms with Gasteiger partial charge in [-0.25, -0.2) is 0 Å². The van der Waals surface area contributed by atoms with Crippen LogP contribution in [0, 0.1) is 6.92 Å². The van der Waals surface area contributed by atoms with Crippen molar-refractivity contribution in [2.24, 2.45) is 0 Å². The molecule has 0 N–H and O–H groups in total. The van der Waals surface area contributed by atoms with Crippen LogP contribution in [-0.2, 0) is 16.0 Å². The Bertz CT molecular complexity index is 925. The maximum atomic E-state index is 13.2. The summed E-state index contributed by atoms with van der Waals surface area (Å²) in [5, 5.41) is 0. The molecular weight excluding hydrogens is 324 g/mol. The zero-order valence-electron chi connectivity index (χ0n) is 15.3. The molecule has 0 fully saturated rings. The molecule has 2 heterocycles. The molecule has 0 radical (unpaired) electrons. The fraction of sp³-hybridized carbons (Fsp3) is 0.273. The summed E-state index contributed by atoms with van der Waals surface area (Å²) in [6, 6.07) is 15.8. The number of imide groups is 1. The van der Waals surface area contributed by atoms with E-state index in [9.17, 15) is 9.59 Å². The van der Waals surface area contributed by atoms with Gasteiger partial charge in [0.05, 0.1) is 5.57 Å². The van der Waals surface area contributed by atoms with E-state index in [0.717, 1.165) is 29.8 Å². The molecule has 2 aliphatic heterocycles. The molecule has 2 amide bonds. The number of fused-ring (bicyclic) bond motifs is 1. The molecule has 0 bridgehead atoms. The molecule has 0 unspecified atom stereocenters. The summed E-state index contributed by atoms with van der Waals surface area (Å²) in [4.78, 5) is 29.8. The normalized spacial score (nSPS) is 16.9. The minimum atomic E-state index is -0.201. The second-order valence-corrected chi connectivity index (χ2v) is 7.19. The highest BCUT2D eigenvalue weighted by atomic mass is 16.2. The van der Waals surface area contributed by atoms with Crippen molar-refractivity contribution in [1.82, 2.24) is 4.90 Å². The van der Waals surface area contributed by atoms with Crippen LogP contribution in [0.15, 0.2) is 54.2 Å². The smallest absolute Gasteiger partial charge is 0.278 e. The van der Waals surface area contributed by atoms with E-state index in [2.05, 4.69) is 6.07 Å². The molecule has 4 rings (SSSR count). The molecule has 0 spiro atoms. The minimum Gasteiger partial charge on any atom is -0.336 e. The number of hydrogen-bond donors (Lipinski definition) is 0. The van der Waals surface area contributed by atoms with E-state index in [1.807, 2.05) is 68.1 Å². The lowest BCUT2D eigenvalue weighted by Gasteiger charge is -2.23. The van der Waals surface area contributed by atoms with Crippen LogP contribution in [0.25, 0.3) is 5.57 Å². The van der Waals surface area contributed by atoms with Gasteiger partial charge in [-0.1, -0.05) is 48.0 Å². The number of carbonyl (C=O) groups is 2. The Labute approximate surface area is 153 Å². The van der Waals surface area contributed by atoms with E-state index in [0.29, 0.717) is 11.3 Å². The zero-order chi connectivity index (χ0) is 18.4. The van der Waals surface area contributed by atoms with Crippen molar-refractivity contribution in [3.63, 3.8) is 0 Å². The van der Waals surface area contributed by atoms with Crippen molar-refractivity contribution >= 4 is 23.1 Å². The predicted octanol–water partition coefficient (Wildman–Crippen LogP) is 3.55. The predicted molar refractivity (Wildman–Crippen MR) is 103 cm³/mol. The van der Waals surface area contributed by atoms with Crippen molar-refractivity contribution in [1.29, 1.82) is 0 Å². The molecule has 132 valence electrons. The highest BCUT2D eigenvalue weighted by molar-refractivity contribution is 6.37. The molecule has 0 aromatic heterocycles. The van der Waals surface area contributed by atoms with Gasteiger partial charge < -0.3 is 4.90 Å². The molecule has 0 saturated heterocycles. The fourth-order valence-electron chi connectivity index (χ4n) is 3.81. The number of rotatable bonds is 3. The minimum absolute atomic E-state index is 0.175. The molecule has 2 aromatic rings. The van der Waals surface area contributed by atoms with Crippen molar-refractivity contribution in [3.8, 4) is 0 Å². The van der Waals surface area contributed by atoms with Gasteiger partial charge in [-0.3, -0.25) is 14.5 Å². The third-order valence-corrected chi connectivity index (χ3v) is 5.10. The number of hydrogen-bond acceptors (Lipinski definition) is 3. The first kappa shape index (κ1) is 16.6. The third-order valence-electron chi connectivity index (χ3n) is 5.10. The number of benzene rings is 2. The average molecular weight is 346 g/mol. The van der Waals surface area contributed by atoms with Crippen LogP contribution in [-0.4, -0.2) is 29.3 Å². The number of nitrogens with zero attached hydrogens (tertiary/aromatic N) is 2. The largest absolute Gasteiger partial charge is 0.336 e. The Balaban J connectivity index is 1.90. The fourth-order valence-corrected chi connectivity index (χ4v) is 3.81. The molecule has 4 heteroatoms. The first-order valence-corrected chi connectivity index (χ1v) is 9.03. The monoisotopic (exact) mass is 346 g/mol. The first-order valence-electron chi connectivity index (χ1n) is 9.03. The molecule has 0 aliphatic carbocycles. The highest BCUT2D eigenvalue weighted by Gasteiger charge is 2.44. The van der Waals surface area contributed by atoms with Crippen molar-refractivity contribution in [3.05, 3.63) is 70.9 Å². The second kappa shape index (κ2) is 6.13. The molecule has 0 saturated carbocycles. The summed E-state index contributed by atoms with van der Waals surface area (Å²) in [6.45, 7) is 6.49. The van der Waals surface area contributed by atoms with Gasteiger partial charge in [-0.05, 0) is 44.4 Å². The molecule has 0 atom stereocenters. The van der Waals surface area contributed by atoms with Crippen LogP contribution in [0.4, 0.5) is 5.69 Å². The van der Waals surface area contributed by atoms with E-state index in [1.54, 1.807) is 0 Å². The van der Waals surface area contributed by atoms with Crippen LogP contribution in [0.5, 0.6) is 0 Å². The third kappa shape index (κ3) is 2.45. The van der Waals surface area contributed by atoms with Gasteiger partial charge in [0.2, 0.25) is 0 Å². The van der Waals surface area contributed by atoms with Gasteiger partial charge >= 0.3 is 0 Å². The summed E-state index contributed by atoms with van der Waals surface area (Å²) in [5.41, 5.74) is 5.19. The van der Waals surface area contributed by atoms with Gasteiger partial charge in [0.15, 0.2) is 0 Å². The Morgan fingerprint density at radius 2 is 1.62 bits per heavy atom. The SMILES string of the molecule is Cc1ccc(C2=C(N3CCc4ccccc43)C(=O)N(C(C)C)C2=O)cc1. The summed E-state index contributed by atoms with van der Waals surface area (Å²) < 4.78 is 0. The Kier molecular flexibility index (Phi) is 3.91. The van der Waals surface area contributed by atoms with Gasteiger partial charge in [-0.2, -0.15) is 0 Å². The quantitative estimate of drug-likeness (QED) is 0.798. The molecular formula is C22H22N2O2. The van der Waals surface area contributed by atoms with Crippen LogP contribution >= 0.6 is 0 Å². The highest BCUT2D eigenvalue weighted by Crippen LogP contribution is 2.39. The van der Waals surface area contributed by atoms with Crippen LogP contribution in [0.2, 0.25) is 0 Å². The maximum absolute atomic E-state index is 13.2. The van der Waals surface area contributed by atoms with Gasteiger partial charge in [0.25, 0.3) is 11.8 Å². The van der Waals surface area contributed by atoms with Gasteiger partial charge in [-0.15, -0.1) is 0 Å². The lowest BCUT2D eigenvalue weighted by molar-refractivity contribution is -0.138. The maximum Gasteiger partial charge on any atom is 0.278 e. The lowest BCUT2D eigenvalue weighted by atomic mass is 10.0. The van der Waals surface area contributed by atoms with E-state index in [4.69, 9.17) is 0 Å². The second-order valence-electron chi connectivity index (χ2n) is 7.19. The van der Waals surface area contributed by atoms with E-state index >= 15 is 0 Å². The topological polar surface area (TPSA) is 40.6 Å². The first-order chi connectivity index (χ1) is 12.5. The number of anilines is 1. The number of amides is 2.